The highest BCUT2D eigenvalue weighted by atomic mass is 16.1. The maximum atomic E-state index is 9.95. The van der Waals surface area contributed by atoms with Crippen LogP contribution in [0.15, 0.2) is 6.33 Å². The zero-order valence-electron chi connectivity index (χ0n) is 5.82. The SMILES string of the molecule is Cn1cnnc1CCC=O. The Labute approximate surface area is 58.9 Å². The zero-order chi connectivity index (χ0) is 7.40. The highest BCUT2D eigenvalue weighted by Crippen LogP contribution is 1.93. The lowest BCUT2D eigenvalue weighted by Gasteiger charge is -1.93. The molecule has 0 saturated heterocycles. The van der Waals surface area contributed by atoms with Crippen LogP contribution in [-0.2, 0) is 18.3 Å². The van der Waals surface area contributed by atoms with E-state index in [4.69, 9.17) is 0 Å². The van der Waals surface area contributed by atoms with E-state index in [2.05, 4.69) is 10.2 Å². The Morgan fingerprint density at radius 1 is 1.80 bits per heavy atom. The molecule has 0 unspecified atom stereocenters. The van der Waals surface area contributed by atoms with Crippen molar-refractivity contribution in [3.05, 3.63) is 12.2 Å². The van der Waals surface area contributed by atoms with Gasteiger partial charge in [0.05, 0.1) is 0 Å². The maximum Gasteiger partial charge on any atom is 0.132 e. The summed E-state index contributed by atoms with van der Waals surface area (Å²) in [7, 11) is 1.86. The second-order valence-electron chi connectivity index (χ2n) is 2.06. The van der Waals surface area contributed by atoms with Gasteiger partial charge in [-0.2, -0.15) is 0 Å². The van der Waals surface area contributed by atoms with Gasteiger partial charge in [-0.3, -0.25) is 0 Å². The summed E-state index contributed by atoms with van der Waals surface area (Å²) < 4.78 is 1.81. The third kappa shape index (κ3) is 1.40. The van der Waals surface area contributed by atoms with Crippen molar-refractivity contribution in [3.63, 3.8) is 0 Å². The van der Waals surface area contributed by atoms with Crippen molar-refractivity contribution < 1.29 is 4.79 Å². The quantitative estimate of drug-likeness (QED) is 0.551. The van der Waals surface area contributed by atoms with Crippen LogP contribution in [0.4, 0.5) is 0 Å². The molecule has 0 radical (unpaired) electrons. The van der Waals surface area contributed by atoms with Gasteiger partial charge in [0.1, 0.15) is 18.4 Å². The average molecular weight is 139 g/mol. The van der Waals surface area contributed by atoms with Crippen LogP contribution in [0.3, 0.4) is 0 Å². The molecule has 0 aliphatic carbocycles. The van der Waals surface area contributed by atoms with Crippen LogP contribution in [0.25, 0.3) is 0 Å². The molecule has 0 bridgehead atoms. The van der Waals surface area contributed by atoms with Gasteiger partial charge in [-0.05, 0) is 0 Å². The number of carbonyl (C=O) groups is 1. The van der Waals surface area contributed by atoms with Gasteiger partial charge in [0.15, 0.2) is 0 Å². The topological polar surface area (TPSA) is 47.8 Å². The van der Waals surface area contributed by atoms with Crippen molar-refractivity contribution in [1.82, 2.24) is 14.8 Å². The summed E-state index contributed by atoms with van der Waals surface area (Å²) in [6.45, 7) is 0. The summed E-state index contributed by atoms with van der Waals surface area (Å²) in [5.41, 5.74) is 0. The molecule has 4 heteroatoms. The fraction of sp³-hybridized carbons (Fsp3) is 0.500. The number of carbonyl (C=O) groups excluding carboxylic acids is 1. The van der Waals surface area contributed by atoms with Crippen molar-refractivity contribution in [2.75, 3.05) is 0 Å². The van der Waals surface area contributed by atoms with Crippen molar-refractivity contribution in [1.29, 1.82) is 0 Å². The Hall–Kier alpha value is -1.19. The lowest BCUT2D eigenvalue weighted by Crippen LogP contribution is -1.96. The predicted octanol–water partition coefficient (Wildman–Crippen LogP) is -0.0534. The summed E-state index contributed by atoms with van der Waals surface area (Å²) in [6, 6.07) is 0. The smallest absolute Gasteiger partial charge is 0.132 e. The summed E-state index contributed by atoms with van der Waals surface area (Å²) in [6.07, 6.45) is 3.71. The van der Waals surface area contributed by atoms with Gasteiger partial charge in [-0.1, -0.05) is 0 Å². The molecule has 0 N–H and O–H groups in total. The van der Waals surface area contributed by atoms with E-state index in [9.17, 15) is 4.79 Å². The van der Waals surface area contributed by atoms with Crippen LogP contribution in [0.2, 0.25) is 0 Å². The highest BCUT2D eigenvalue weighted by Gasteiger charge is 1.97. The molecule has 0 saturated carbocycles. The number of hydrogen-bond donors (Lipinski definition) is 0. The van der Waals surface area contributed by atoms with Gasteiger partial charge in [-0.15, -0.1) is 10.2 Å². The van der Waals surface area contributed by atoms with Gasteiger partial charge in [0.25, 0.3) is 0 Å². The number of rotatable bonds is 3. The molecule has 4 nitrogen and oxygen atoms in total. The fourth-order valence-electron chi connectivity index (χ4n) is 0.721. The predicted molar refractivity (Wildman–Crippen MR) is 35.4 cm³/mol. The Morgan fingerprint density at radius 2 is 2.60 bits per heavy atom. The first-order chi connectivity index (χ1) is 4.84. The van der Waals surface area contributed by atoms with E-state index in [0.717, 1.165) is 12.1 Å². The average Bonchev–Trinajstić information content (AvgIpc) is 2.31. The number of nitrogens with zero attached hydrogens (tertiary/aromatic N) is 3. The van der Waals surface area contributed by atoms with Crippen LogP contribution >= 0.6 is 0 Å². The van der Waals surface area contributed by atoms with Gasteiger partial charge >= 0.3 is 0 Å². The van der Waals surface area contributed by atoms with Crippen LogP contribution in [0, 0.1) is 0 Å². The normalized spacial score (nSPS) is 9.70. The molecule has 1 aromatic heterocycles. The Bertz CT molecular complexity index is 219. The van der Waals surface area contributed by atoms with Gasteiger partial charge in [0.2, 0.25) is 0 Å². The van der Waals surface area contributed by atoms with Gasteiger partial charge in [-0.25, -0.2) is 0 Å². The molecule has 1 aromatic rings. The van der Waals surface area contributed by atoms with Crippen LogP contribution in [0.5, 0.6) is 0 Å². The van der Waals surface area contributed by atoms with Crippen molar-refractivity contribution >= 4 is 6.29 Å². The molecule has 0 aliphatic rings. The number of aldehydes is 1. The minimum Gasteiger partial charge on any atom is -0.321 e. The first-order valence-electron chi connectivity index (χ1n) is 3.11. The molecule has 0 fully saturated rings. The minimum atomic E-state index is 0.520. The van der Waals surface area contributed by atoms with Crippen molar-refractivity contribution in [2.24, 2.45) is 7.05 Å². The highest BCUT2D eigenvalue weighted by molar-refractivity contribution is 5.49. The van der Waals surface area contributed by atoms with E-state index in [0.29, 0.717) is 12.8 Å². The van der Waals surface area contributed by atoms with Crippen LogP contribution < -0.4 is 0 Å². The molecule has 54 valence electrons. The van der Waals surface area contributed by atoms with Crippen LogP contribution in [-0.4, -0.2) is 21.1 Å². The fourth-order valence-corrected chi connectivity index (χ4v) is 0.721. The second-order valence-corrected chi connectivity index (χ2v) is 2.06. The summed E-state index contributed by atoms with van der Waals surface area (Å²) >= 11 is 0. The second kappa shape index (κ2) is 3.10. The van der Waals surface area contributed by atoms with Gasteiger partial charge < -0.3 is 9.36 Å². The molecule has 0 aliphatic heterocycles. The lowest BCUT2D eigenvalue weighted by molar-refractivity contribution is -0.107. The molecule has 0 spiro atoms. The zero-order valence-corrected chi connectivity index (χ0v) is 5.82. The molecule has 0 amide bonds. The van der Waals surface area contributed by atoms with E-state index >= 15 is 0 Å². The summed E-state index contributed by atoms with van der Waals surface area (Å²) in [5, 5.41) is 7.48. The first kappa shape index (κ1) is 6.92. The van der Waals surface area contributed by atoms with E-state index in [1.54, 1.807) is 6.33 Å². The molecule has 1 rings (SSSR count). The number of aromatic nitrogens is 3. The lowest BCUT2D eigenvalue weighted by atomic mass is 10.3. The third-order valence-electron chi connectivity index (χ3n) is 1.29. The third-order valence-corrected chi connectivity index (χ3v) is 1.29. The summed E-state index contributed by atoms with van der Waals surface area (Å²) in [4.78, 5) is 9.95. The summed E-state index contributed by atoms with van der Waals surface area (Å²) in [5.74, 6) is 0.854. The number of hydrogen-bond acceptors (Lipinski definition) is 3. The monoisotopic (exact) mass is 139 g/mol. The standard InChI is InChI=1S/C6H9N3O/c1-9-5-7-8-6(9)3-2-4-10/h4-5H,2-3H2,1H3. The molecule has 1 heterocycles. The van der Waals surface area contributed by atoms with Crippen LogP contribution in [0.1, 0.15) is 12.2 Å². The molecule has 10 heavy (non-hydrogen) atoms. The number of aryl methyl sites for hydroxylation is 2. The Kier molecular flexibility index (Phi) is 2.15. The minimum absolute atomic E-state index is 0.520. The van der Waals surface area contributed by atoms with E-state index < -0.39 is 0 Å². The Balaban J connectivity index is 2.56. The molecule has 0 aromatic carbocycles. The van der Waals surface area contributed by atoms with E-state index in [1.165, 1.54) is 0 Å². The Morgan fingerprint density at radius 3 is 3.10 bits per heavy atom. The van der Waals surface area contributed by atoms with Gasteiger partial charge in [0, 0.05) is 19.9 Å². The van der Waals surface area contributed by atoms with Crippen molar-refractivity contribution in [2.45, 2.75) is 12.8 Å². The maximum absolute atomic E-state index is 9.95. The molecular weight excluding hydrogens is 130 g/mol. The van der Waals surface area contributed by atoms with Crippen molar-refractivity contribution in [3.8, 4) is 0 Å². The molecule has 0 atom stereocenters. The molecular formula is C6H9N3O. The largest absolute Gasteiger partial charge is 0.321 e. The van der Waals surface area contributed by atoms with E-state index in [-0.39, 0.29) is 0 Å². The van der Waals surface area contributed by atoms with E-state index in [1.807, 2.05) is 11.6 Å². The first-order valence-corrected chi connectivity index (χ1v) is 3.11.